The summed E-state index contributed by atoms with van der Waals surface area (Å²) in [6.45, 7) is 0.667. The molecule has 2 aromatic carbocycles. The molecule has 0 aromatic heterocycles. The smallest absolute Gasteiger partial charge is 0.251 e. The van der Waals surface area contributed by atoms with Gasteiger partial charge in [-0.3, -0.25) is 19.3 Å². The number of rotatable bonds is 8. The summed E-state index contributed by atoms with van der Waals surface area (Å²) in [6, 6.07) is 14.7. The minimum absolute atomic E-state index is 0.0448. The molecule has 30 heavy (non-hydrogen) atoms. The van der Waals surface area contributed by atoms with Crippen LogP contribution >= 0.6 is 0 Å². The average Bonchev–Trinajstić information content (AvgIpc) is 3.06. The van der Waals surface area contributed by atoms with E-state index in [4.69, 9.17) is 4.74 Å². The van der Waals surface area contributed by atoms with E-state index in [1.54, 1.807) is 31.4 Å². The predicted molar refractivity (Wildman–Crippen MR) is 113 cm³/mol. The van der Waals surface area contributed by atoms with Crippen LogP contribution < -0.4 is 10.1 Å². The van der Waals surface area contributed by atoms with Crippen LogP contribution in [-0.4, -0.2) is 55.3 Å². The molecule has 0 aliphatic carbocycles. The topological polar surface area (TPSA) is 79.0 Å². The van der Waals surface area contributed by atoms with E-state index in [2.05, 4.69) is 5.32 Å². The minimum Gasteiger partial charge on any atom is -0.496 e. The van der Waals surface area contributed by atoms with Gasteiger partial charge in [-0.25, -0.2) is 0 Å². The first-order valence-corrected chi connectivity index (χ1v) is 9.90. The van der Waals surface area contributed by atoms with Crippen molar-refractivity contribution in [3.8, 4) is 5.75 Å². The number of methoxy groups -OCH3 is 1. The summed E-state index contributed by atoms with van der Waals surface area (Å²) in [5.74, 6) is 0.304. The van der Waals surface area contributed by atoms with Crippen LogP contribution in [0.25, 0.3) is 0 Å². The SMILES string of the molecule is COc1ccccc1C(CNC(=O)c1ccc(CN2C(=O)CCC2=O)cc1)N(C)C. The Kier molecular flexibility index (Phi) is 6.84. The Morgan fingerprint density at radius 2 is 1.70 bits per heavy atom. The second-order valence-corrected chi connectivity index (χ2v) is 7.50. The number of carbonyl (C=O) groups is 3. The van der Waals surface area contributed by atoms with Crippen LogP contribution in [0.1, 0.15) is 40.4 Å². The molecule has 0 bridgehead atoms. The fourth-order valence-corrected chi connectivity index (χ4v) is 3.55. The highest BCUT2D eigenvalue weighted by atomic mass is 16.5. The number of para-hydroxylation sites is 1. The molecule has 1 heterocycles. The molecule has 0 spiro atoms. The summed E-state index contributed by atoms with van der Waals surface area (Å²) in [4.78, 5) is 39.5. The summed E-state index contributed by atoms with van der Waals surface area (Å²) >= 11 is 0. The van der Waals surface area contributed by atoms with Gasteiger partial charge in [0.25, 0.3) is 5.91 Å². The third-order valence-electron chi connectivity index (χ3n) is 5.29. The van der Waals surface area contributed by atoms with E-state index in [0.717, 1.165) is 16.9 Å². The van der Waals surface area contributed by atoms with Gasteiger partial charge in [0.2, 0.25) is 11.8 Å². The van der Waals surface area contributed by atoms with Gasteiger partial charge in [-0.15, -0.1) is 0 Å². The van der Waals surface area contributed by atoms with Gasteiger partial charge >= 0.3 is 0 Å². The number of hydrogen-bond donors (Lipinski definition) is 1. The van der Waals surface area contributed by atoms with Crippen LogP contribution in [0.5, 0.6) is 5.75 Å². The zero-order valence-corrected chi connectivity index (χ0v) is 17.6. The summed E-state index contributed by atoms with van der Waals surface area (Å²) in [6.07, 6.45) is 0.553. The molecule has 3 amide bonds. The molecule has 1 fully saturated rings. The third-order valence-corrected chi connectivity index (χ3v) is 5.29. The Hall–Kier alpha value is -3.19. The third kappa shape index (κ3) is 4.86. The maximum atomic E-state index is 12.6. The van der Waals surface area contributed by atoms with Gasteiger partial charge < -0.3 is 15.0 Å². The number of likely N-dealkylation sites (N-methyl/N-ethyl adjacent to an activating group) is 1. The molecule has 7 heteroatoms. The lowest BCUT2D eigenvalue weighted by atomic mass is 10.0. The van der Waals surface area contributed by atoms with E-state index in [0.29, 0.717) is 12.1 Å². The van der Waals surface area contributed by atoms with Gasteiger partial charge in [0.1, 0.15) is 5.75 Å². The summed E-state index contributed by atoms with van der Waals surface area (Å²) in [5.41, 5.74) is 2.34. The second kappa shape index (κ2) is 9.54. The van der Waals surface area contributed by atoms with Crippen molar-refractivity contribution in [3.05, 3.63) is 65.2 Å². The van der Waals surface area contributed by atoms with Crippen LogP contribution in [0.4, 0.5) is 0 Å². The van der Waals surface area contributed by atoms with Crippen LogP contribution in [0.15, 0.2) is 48.5 Å². The molecule has 1 aliphatic rings. The molecule has 1 atom stereocenters. The number of benzene rings is 2. The van der Waals surface area contributed by atoms with Gasteiger partial charge in [0.05, 0.1) is 19.7 Å². The number of hydrogen-bond acceptors (Lipinski definition) is 5. The Labute approximate surface area is 176 Å². The van der Waals surface area contributed by atoms with Crippen molar-refractivity contribution in [2.75, 3.05) is 27.7 Å². The highest BCUT2D eigenvalue weighted by Crippen LogP contribution is 2.27. The maximum absolute atomic E-state index is 12.6. The van der Waals surface area contributed by atoms with Gasteiger partial charge in [0.15, 0.2) is 0 Å². The maximum Gasteiger partial charge on any atom is 0.251 e. The number of imide groups is 1. The van der Waals surface area contributed by atoms with Gasteiger partial charge in [0, 0.05) is 30.5 Å². The van der Waals surface area contributed by atoms with Crippen LogP contribution in [0.3, 0.4) is 0 Å². The lowest BCUT2D eigenvalue weighted by molar-refractivity contribution is -0.139. The van der Waals surface area contributed by atoms with Crippen molar-refractivity contribution in [1.82, 2.24) is 15.1 Å². The van der Waals surface area contributed by atoms with Crippen LogP contribution in [0, 0.1) is 0 Å². The summed E-state index contributed by atoms with van der Waals surface area (Å²) < 4.78 is 5.46. The summed E-state index contributed by atoms with van der Waals surface area (Å²) in [5, 5.41) is 2.98. The minimum atomic E-state index is -0.184. The van der Waals surface area contributed by atoms with Gasteiger partial charge in [-0.05, 0) is 37.9 Å². The van der Waals surface area contributed by atoms with E-state index in [1.165, 1.54) is 4.90 Å². The van der Waals surface area contributed by atoms with Crippen LogP contribution in [-0.2, 0) is 16.1 Å². The van der Waals surface area contributed by atoms with Crippen molar-refractivity contribution in [2.24, 2.45) is 0 Å². The number of carbonyl (C=O) groups excluding carboxylic acids is 3. The lowest BCUT2D eigenvalue weighted by Gasteiger charge is -2.26. The van der Waals surface area contributed by atoms with E-state index in [-0.39, 0.29) is 43.1 Å². The predicted octanol–water partition coefficient (Wildman–Crippen LogP) is 2.38. The number of nitrogens with zero attached hydrogens (tertiary/aromatic N) is 2. The van der Waals surface area contributed by atoms with E-state index < -0.39 is 0 Å². The van der Waals surface area contributed by atoms with Crippen molar-refractivity contribution in [3.63, 3.8) is 0 Å². The van der Waals surface area contributed by atoms with E-state index >= 15 is 0 Å². The molecule has 0 radical (unpaired) electrons. The van der Waals surface area contributed by atoms with Crippen molar-refractivity contribution >= 4 is 17.7 Å². The Morgan fingerprint density at radius 1 is 1.07 bits per heavy atom. The summed E-state index contributed by atoms with van der Waals surface area (Å²) in [7, 11) is 5.55. The highest BCUT2D eigenvalue weighted by molar-refractivity contribution is 6.01. The number of amides is 3. The molecule has 1 saturated heterocycles. The van der Waals surface area contributed by atoms with E-state index in [9.17, 15) is 14.4 Å². The second-order valence-electron chi connectivity index (χ2n) is 7.50. The molecular formula is C23H27N3O4. The number of likely N-dealkylation sites (tertiary alicyclic amines) is 1. The van der Waals surface area contributed by atoms with Crippen molar-refractivity contribution < 1.29 is 19.1 Å². The molecule has 0 saturated carbocycles. The Bertz CT molecular complexity index is 908. The van der Waals surface area contributed by atoms with Crippen LogP contribution in [0.2, 0.25) is 0 Å². The molecule has 7 nitrogen and oxygen atoms in total. The normalized spacial score (nSPS) is 14.9. The number of ether oxygens (including phenoxy) is 1. The quantitative estimate of drug-likeness (QED) is 0.678. The Morgan fingerprint density at radius 3 is 2.30 bits per heavy atom. The first kappa shape index (κ1) is 21.5. The molecule has 158 valence electrons. The zero-order chi connectivity index (χ0) is 21.7. The van der Waals surface area contributed by atoms with Crippen molar-refractivity contribution in [1.29, 1.82) is 0 Å². The zero-order valence-electron chi connectivity index (χ0n) is 17.6. The molecular weight excluding hydrogens is 382 g/mol. The molecule has 2 aromatic rings. The largest absolute Gasteiger partial charge is 0.496 e. The van der Waals surface area contributed by atoms with Gasteiger partial charge in [-0.2, -0.15) is 0 Å². The standard InChI is InChI=1S/C23H27N3O4/c1-25(2)19(18-6-4-5-7-20(18)30-3)14-24-23(29)17-10-8-16(9-11-17)15-26-21(27)12-13-22(26)28/h4-11,19H,12-15H2,1-3H3,(H,24,29). The molecule has 1 N–H and O–H groups in total. The fraction of sp³-hybridized carbons (Fsp3) is 0.348. The molecule has 1 unspecified atom stereocenters. The fourth-order valence-electron chi connectivity index (χ4n) is 3.55. The van der Waals surface area contributed by atoms with Crippen molar-refractivity contribution in [2.45, 2.75) is 25.4 Å². The number of nitrogens with one attached hydrogen (secondary N) is 1. The van der Waals surface area contributed by atoms with E-state index in [1.807, 2.05) is 43.3 Å². The molecule has 1 aliphatic heterocycles. The first-order chi connectivity index (χ1) is 14.4. The molecule has 3 rings (SSSR count). The average molecular weight is 409 g/mol. The first-order valence-electron chi connectivity index (χ1n) is 9.90. The Balaban J connectivity index is 1.63. The highest BCUT2D eigenvalue weighted by Gasteiger charge is 2.28. The van der Waals surface area contributed by atoms with Gasteiger partial charge in [-0.1, -0.05) is 30.3 Å². The lowest BCUT2D eigenvalue weighted by Crippen LogP contribution is -2.34. The monoisotopic (exact) mass is 409 g/mol.